The predicted molar refractivity (Wildman–Crippen MR) is 85.7 cm³/mol. The second kappa shape index (κ2) is 8.48. The van der Waals surface area contributed by atoms with Crippen molar-refractivity contribution < 1.29 is 13.9 Å². The second-order valence-electron chi connectivity index (χ2n) is 4.88. The van der Waals surface area contributed by atoms with Gasteiger partial charge >= 0.3 is 0 Å². The van der Waals surface area contributed by atoms with Gasteiger partial charge in [-0.15, -0.1) is 11.3 Å². The lowest BCUT2D eigenvalue weighted by Gasteiger charge is -2.18. The molecule has 0 fully saturated rings. The highest BCUT2D eigenvalue weighted by Crippen LogP contribution is 2.18. The van der Waals surface area contributed by atoms with E-state index in [9.17, 15) is 9.18 Å². The lowest BCUT2D eigenvalue weighted by atomic mass is 10.1. The normalized spacial score (nSPS) is 11.9. The molecule has 0 radical (unpaired) electrons. The topological polar surface area (TPSA) is 51.2 Å². The van der Waals surface area contributed by atoms with Gasteiger partial charge in [0.2, 0.25) is 0 Å². The van der Waals surface area contributed by atoms with Gasteiger partial charge in [-0.1, -0.05) is 19.8 Å². The largest absolute Gasteiger partial charge is 0.481 e. The number of anilines is 1. The monoisotopic (exact) mass is 322 g/mol. The van der Waals surface area contributed by atoms with Crippen LogP contribution in [0, 0.1) is 5.82 Å². The van der Waals surface area contributed by atoms with E-state index in [1.807, 2.05) is 0 Å². The number of halogens is 1. The van der Waals surface area contributed by atoms with E-state index in [1.165, 1.54) is 35.6 Å². The van der Waals surface area contributed by atoms with Crippen molar-refractivity contribution in [1.29, 1.82) is 0 Å². The van der Waals surface area contributed by atoms with E-state index in [4.69, 9.17) is 4.74 Å². The van der Waals surface area contributed by atoms with Gasteiger partial charge in [-0.05, 0) is 37.1 Å². The summed E-state index contributed by atoms with van der Waals surface area (Å²) in [6, 6.07) is 5.69. The number of rotatable bonds is 8. The average molecular weight is 322 g/mol. The molecule has 118 valence electrons. The predicted octanol–water partition coefficient (Wildman–Crippen LogP) is 4.25. The zero-order chi connectivity index (χ0) is 15.8. The van der Waals surface area contributed by atoms with Crippen LogP contribution in [0.5, 0.6) is 5.75 Å². The van der Waals surface area contributed by atoms with Crippen LogP contribution in [0.4, 0.5) is 9.52 Å². The van der Waals surface area contributed by atoms with E-state index in [1.54, 1.807) is 11.6 Å². The molecule has 0 aliphatic rings. The molecule has 0 saturated carbocycles. The summed E-state index contributed by atoms with van der Waals surface area (Å²) in [6.45, 7) is 2.10. The Labute approximate surface area is 133 Å². The van der Waals surface area contributed by atoms with E-state index in [2.05, 4.69) is 17.2 Å². The van der Waals surface area contributed by atoms with Crippen molar-refractivity contribution in [3.8, 4) is 5.75 Å². The molecule has 0 aliphatic heterocycles. The summed E-state index contributed by atoms with van der Waals surface area (Å²) in [5.41, 5.74) is 0. The number of carbonyl (C=O) groups excluding carboxylic acids is 1. The Morgan fingerprint density at radius 2 is 2.14 bits per heavy atom. The highest BCUT2D eigenvalue weighted by Gasteiger charge is 2.21. The van der Waals surface area contributed by atoms with E-state index in [0.29, 0.717) is 17.3 Å². The lowest BCUT2D eigenvalue weighted by molar-refractivity contribution is -0.123. The van der Waals surface area contributed by atoms with Crippen molar-refractivity contribution in [2.75, 3.05) is 5.32 Å². The number of aromatic nitrogens is 1. The Morgan fingerprint density at radius 3 is 2.77 bits per heavy atom. The van der Waals surface area contributed by atoms with Crippen molar-refractivity contribution in [3.05, 3.63) is 41.7 Å². The highest BCUT2D eigenvalue weighted by molar-refractivity contribution is 7.13. The summed E-state index contributed by atoms with van der Waals surface area (Å²) < 4.78 is 18.7. The maximum absolute atomic E-state index is 12.9. The molecule has 1 atom stereocenters. The third-order valence-corrected chi connectivity index (χ3v) is 3.81. The van der Waals surface area contributed by atoms with E-state index < -0.39 is 6.10 Å². The summed E-state index contributed by atoms with van der Waals surface area (Å²) >= 11 is 1.36. The van der Waals surface area contributed by atoms with Crippen LogP contribution < -0.4 is 10.1 Å². The first kappa shape index (κ1) is 16.4. The van der Waals surface area contributed by atoms with Gasteiger partial charge in [0.05, 0.1) is 0 Å². The van der Waals surface area contributed by atoms with Crippen LogP contribution in [0.25, 0.3) is 0 Å². The van der Waals surface area contributed by atoms with Gasteiger partial charge in [0.25, 0.3) is 5.91 Å². The first-order valence-electron chi connectivity index (χ1n) is 7.31. The Hall–Kier alpha value is -1.95. The Bertz CT molecular complexity index is 572. The zero-order valence-electron chi connectivity index (χ0n) is 12.4. The molecule has 1 amide bonds. The third-order valence-electron chi connectivity index (χ3n) is 3.12. The number of nitrogens with zero attached hydrogens (tertiary/aromatic N) is 1. The van der Waals surface area contributed by atoms with Crippen molar-refractivity contribution in [3.63, 3.8) is 0 Å². The molecule has 1 aromatic carbocycles. The van der Waals surface area contributed by atoms with Gasteiger partial charge in [-0.25, -0.2) is 9.37 Å². The summed E-state index contributed by atoms with van der Waals surface area (Å²) in [4.78, 5) is 16.4. The van der Waals surface area contributed by atoms with E-state index in [-0.39, 0.29) is 11.7 Å². The number of hydrogen-bond acceptors (Lipinski definition) is 4. The van der Waals surface area contributed by atoms with Gasteiger partial charge in [0, 0.05) is 11.6 Å². The first-order valence-corrected chi connectivity index (χ1v) is 8.19. The van der Waals surface area contributed by atoms with Gasteiger partial charge in [0.1, 0.15) is 11.6 Å². The molecule has 0 bridgehead atoms. The van der Waals surface area contributed by atoms with Gasteiger partial charge in [-0.2, -0.15) is 0 Å². The van der Waals surface area contributed by atoms with Crippen molar-refractivity contribution in [2.24, 2.45) is 0 Å². The molecular formula is C16H19FN2O2S. The van der Waals surface area contributed by atoms with Crippen molar-refractivity contribution in [2.45, 2.75) is 38.7 Å². The van der Waals surface area contributed by atoms with Crippen LogP contribution in [0.2, 0.25) is 0 Å². The van der Waals surface area contributed by atoms with Crippen LogP contribution >= 0.6 is 11.3 Å². The molecule has 2 rings (SSSR count). The molecule has 0 aliphatic carbocycles. The molecule has 6 heteroatoms. The average Bonchev–Trinajstić information content (AvgIpc) is 3.01. The number of nitrogens with one attached hydrogen (secondary N) is 1. The number of ether oxygens (including phenoxy) is 1. The van der Waals surface area contributed by atoms with Crippen molar-refractivity contribution in [1.82, 2.24) is 4.98 Å². The lowest BCUT2D eigenvalue weighted by Crippen LogP contribution is -2.33. The Kier molecular flexibility index (Phi) is 6.33. The maximum atomic E-state index is 12.9. The van der Waals surface area contributed by atoms with Crippen LogP contribution in [-0.2, 0) is 4.79 Å². The summed E-state index contributed by atoms with van der Waals surface area (Å²) in [6.07, 6.45) is 4.63. The standard InChI is InChI=1S/C16H19FN2O2S/c1-2-3-4-5-14(15(20)19-16-18-10-11-22-16)21-13-8-6-12(17)7-9-13/h6-11,14H,2-5H2,1H3,(H,18,19,20). The zero-order valence-corrected chi connectivity index (χ0v) is 13.2. The SMILES string of the molecule is CCCCCC(Oc1ccc(F)cc1)C(=O)Nc1nccs1. The molecule has 1 N–H and O–H groups in total. The molecule has 2 aromatic rings. The number of amides is 1. The maximum Gasteiger partial charge on any atom is 0.267 e. The molecule has 1 unspecified atom stereocenters. The third kappa shape index (κ3) is 5.11. The minimum atomic E-state index is -0.610. The summed E-state index contributed by atoms with van der Waals surface area (Å²) in [5.74, 6) is -0.0744. The second-order valence-corrected chi connectivity index (χ2v) is 5.78. The van der Waals surface area contributed by atoms with Gasteiger partial charge < -0.3 is 4.74 Å². The van der Waals surface area contributed by atoms with E-state index in [0.717, 1.165) is 19.3 Å². The van der Waals surface area contributed by atoms with Gasteiger partial charge in [-0.3, -0.25) is 10.1 Å². The minimum Gasteiger partial charge on any atom is -0.481 e. The number of unbranched alkanes of at least 4 members (excludes halogenated alkanes) is 2. The molecule has 0 spiro atoms. The van der Waals surface area contributed by atoms with Crippen LogP contribution in [-0.4, -0.2) is 17.0 Å². The Morgan fingerprint density at radius 1 is 1.36 bits per heavy atom. The van der Waals surface area contributed by atoms with Crippen LogP contribution in [0.3, 0.4) is 0 Å². The molecule has 1 aromatic heterocycles. The summed E-state index contributed by atoms with van der Waals surface area (Å²) in [5, 5.41) is 5.09. The molecule has 1 heterocycles. The summed E-state index contributed by atoms with van der Waals surface area (Å²) in [7, 11) is 0. The van der Waals surface area contributed by atoms with Gasteiger partial charge in [0.15, 0.2) is 11.2 Å². The van der Waals surface area contributed by atoms with E-state index >= 15 is 0 Å². The molecular weight excluding hydrogens is 303 g/mol. The Balaban J connectivity index is 2.00. The number of carbonyl (C=O) groups is 1. The molecule has 4 nitrogen and oxygen atoms in total. The number of thiazole rings is 1. The van der Waals surface area contributed by atoms with Crippen LogP contribution in [0.1, 0.15) is 32.6 Å². The van der Waals surface area contributed by atoms with Crippen molar-refractivity contribution >= 4 is 22.4 Å². The highest BCUT2D eigenvalue weighted by atomic mass is 32.1. The first-order chi connectivity index (χ1) is 10.7. The van der Waals surface area contributed by atoms with Crippen LogP contribution in [0.15, 0.2) is 35.8 Å². The number of hydrogen-bond donors (Lipinski definition) is 1. The fourth-order valence-corrected chi connectivity index (χ4v) is 2.50. The fourth-order valence-electron chi connectivity index (χ4n) is 1.97. The molecule has 22 heavy (non-hydrogen) atoms. The molecule has 0 saturated heterocycles. The fraction of sp³-hybridized carbons (Fsp3) is 0.375. The quantitative estimate of drug-likeness (QED) is 0.739. The smallest absolute Gasteiger partial charge is 0.267 e. The minimum absolute atomic E-state index is 0.227. The number of benzene rings is 1.